The van der Waals surface area contributed by atoms with Crippen molar-refractivity contribution in [3.63, 3.8) is 0 Å². The molecule has 1 aliphatic rings. The second-order valence-corrected chi connectivity index (χ2v) is 19.5. The van der Waals surface area contributed by atoms with Gasteiger partial charge in [0.15, 0.2) is 11.5 Å². The van der Waals surface area contributed by atoms with E-state index in [4.69, 9.17) is 4.74 Å². The fourth-order valence-corrected chi connectivity index (χ4v) is 9.06. The second-order valence-electron chi connectivity index (χ2n) is 13.9. The maximum Gasteiger partial charge on any atom is 0.355 e. The van der Waals surface area contributed by atoms with Crippen molar-refractivity contribution >= 4 is 114 Å². The van der Waals surface area contributed by atoms with Crippen molar-refractivity contribution in [3.8, 4) is 11.5 Å². The first-order valence-corrected chi connectivity index (χ1v) is 24.0. The van der Waals surface area contributed by atoms with Gasteiger partial charge in [0.25, 0.3) is 46.4 Å². The Morgan fingerprint density at radius 1 is 0.657 bits per heavy atom. The molecule has 1 aliphatic heterocycles. The highest BCUT2D eigenvalue weighted by Crippen LogP contribution is 2.44. The number of hydrazone groups is 1. The number of methoxy groups -OCH3 is 1. The van der Waals surface area contributed by atoms with Gasteiger partial charge in [0, 0.05) is 22.2 Å². The summed E-state index contributed by atoms with van der Waals surface area (Å²) in [5, 5.41) is 48.5. The predicted octanol–water partition coefficient (Wildman–Crippen LogP) is 6.77. The number of aryl methyl sites for hydroxylation is 1. The van der Waals surface area contributed by atoms with Crippen molar-refractivity contribution < 1.29 is 76.4 Å². The summed E-state index contributed by atoms with van der Waals surface area (Å²) in [6.07, 6.45) is 0. The van der Waals surface area contributed by atoms with E-state index in [0.717, 1.165) is 54.6 Å². The smallest absolute Gasteiger partial charge is 0.355 e. The molecule has 0 radical (unpaired) electrons. The van der Waals surface area contributed by atoms with Gasteiger partial charge in [-0.15, -0.1) is 10.2 Å². The molecule has 0 aromatic heterocycles. The summed E-state index contributed by atoms with van der Waals surface area (Å²) < 4.78 is 141. The van der Waals surface area contributed by atoms with Crippen LogP contribution in [0.3, 0.4) is 0 Å². The number of carboxylic acid groups (broad SMARTS) is 1. The molecule has 0 saturated carbocycles. The van der Waals surface area contributed by atoms with Crippen LogP contribution >= 0.6 is 0 Å². The summed E-state index contributed by atoms with van der Waals surface area (Å²) >= 11 is 0. The third kappa shape index (κ3) is 9.73. The number of aromatic hydroxyl groups is 1. The van der Waals surface area contributed by atoms with E-state index in [9.17, 15) is 71.7 Å². The number of carbonyl (C=O) groups is 2. The van der Waals surface area contributed by atoms with Crippen LogP contribution in [0, 0.1) is 6.92 Å². The van der Waals surface area contributed by atoms with Gasteiger partial charge in [-0.2, -0.15) is 64.2 Å². The normalized spacial score (nSPS) is 15.1. The van der Waals surface area contributed by atoms with Crippen LogP contribution in [0.4, 0.5) is 34.1 Å². The number of aliphatic carboxylic acids is 1. The topological polar surface area (TPSA) is 391 Å². The molecular weight excluding hydrogens is 969 g/mol. The Labute approximate surface area is 377 Å². The molecule has 6 aromatic carbocycles. The molecule has 1 unspecified atom stereocenters. The second kappa shape index (κ2) is 17.4. The van der Waals surface area contributed by atoms with Crippen LogP contribution < -0.4 is 9.75 Å². The third-order valence-corrected chi connectivity index (χ3v) is 13.1. The minimum atomic E-state index is -5.16. The lowest BCUT2D eigenvalue weighted by molar-refractivity contribution is -0.130. The number of benzene rings is 6. The minimum Gasteiger partial charge on any atom is -0.505 e. The molecule has 1 heterocycles. The van der Waals surface area contributed by atoms with E-state index in [1.807, 2.05) is 0 Å². The summed E-state index contributed by atoms with van der Waals surface area (Å²) in [5.41, 5.74) is -1.64. The number of hydrogen-bond donors (Lipinski definition) is 6. The summed E-state index contributed by atoms with van der Waals surface area (Å²) in [5.74, 6) is -3.51. The highest BCUT2D eigenvalue weighted by molar-refractivity contribution is 7.87. The number of phenols is 1. The molecule has 25 nitrogen and oxygen atoms in total. The van der Waals surface area contributed by atoms with Crippen molar-refractivity contribution in [2.75, 3.05) is 12.1 Å². The van der Waals surface area contributed by atoms with Crippen molar-refractivity contribution in [2.45, 2.75) is 32.5 Å². The van der Waals surface area contributed by atoms with Gasteiger partial charge in [0.2, 0.25) is 6.04 Å². The summed E-state index contributed by atoms with van der Waals surface area (Å²) in [6.45, 7) is 1.51. The first-order chi connectivity index (χ1) is 31.3. The van der Waals surface area contributed by atoms with Gasteiger partial charge < -0.3 is 14.9 Å². The SMILES string of the molecule is COc1cc(/N=N/c2cc(S(=O)(=O)O)c3cccc(S(=O)(=O)O)c3c2)c(C)cc1/N=N/c1c(S(=O)(=O)O)cc2cc(/N=N/C3C(=O)N(c4ccc(S(=O)(=O)O)cc4)N=C3C(=O)O)ccc2c1O. The zero-order chi connectivity index (χ0) is 49.0. The first kappa shape index (κ1) is 47.5. The number of azo groups is 3. The molecular formula is C38H28N8O17S4. The number of carbonyl (C=O) groups excluding carboxylic acids is 1. The molecule has 6 aromatic rings. The van der Waals surface area contributed by atoms with Gasteiger partial charge >= 0.3 is 5.97 Å². The van der Waals surface area contributed by atoms with E-state index in [2.05, 4.69) is 35.8 Å². The number of nitrogens with zero attached hydrogens (tertiary/aromatic N) is 8. The van der Waals surface area contributed by atoms with Gasteiger partial charge in [-0.3, -0.25) is 23.0 Å². The largest absolute Gasteiger partial charge is 0.505 e. The Balaban J connectivity index is 1.19. The Kier molecular flexibility index (Phi) is 12.3. The van der Waals surface area contributed by atoms with Crippen LogP contribution in [0.5, 0.6) is 11.5 Å². The Hall–Kier alpha value is -7.51. The monoisotopic (exact) mass is 996 g/mol. The maximum absolute atomic E-state index is 13.2. The molecule has 1 atom stereocenters. The lowest BCUT2D eigenvalue weighted by Gasteiger charge is -2.12. The van der Waals surface area contributed by atoms with Gasteiger partial charge in [0.1, 0.15) is 31.8 Å². The number of phenolic OH excluding ortho intramolecular Hbond substituents is 1. The zero-order valence-electron chi connectivity index (χ0n) is 33.6. The third-order valence-electron chi connectivity index (χ3n) is 9.60. The van der Waals surface area contributed by atoms with Crippen LogP contribution in [0.1, 0.15) is 5.56 Å². The molecule has 0 aliphatic carbocycles. The first-order valence-electron chi connectivity index (χ1n) is 18.2. The standard InChI is InChI=1S/C38H28N8O17S4/c1-18-12-28(29(63-2)17-27(18)41-40-21-15-26-25(31(16-21)66(57,58)59)4-3-5-30(26)65(54,55)56)42-43-33-32(67(60,61)62)14-19-13-20(6-11-24(19)36(33)47)39-44-34-35(38(49)50)45-46(37(34)48)22-7-9-23(10-8-22)64(51,52)53/h3-17,34,47H,1-2H3,(H,49,50)(H,51,52,53)(H,54,55,56)(H,57,58,59)(H,60,61,62)/b41-40+,43-42+,44-39+. The molecule has 0 saturated heterocycles. The predicted molar refractivity (Wildman–Crippen MR) is 232 cm³/mol. The van der Waals surface area contributed by atoms with E-state index in [1.54, 1.807) is 0 Å². The quantitative estimate of drug-likeness (QED) is 0.0513. The van der Waals surface area contributed by atoms with Gasteiger partial charge in [-0.05, 0) is 90.7 Å². The average Bonchev–Trinajstić information content (AvgIpc) is 3.58. The van der Waals surface area contributed by atoms with Gasteiger partial charge in [-0.1, -0.05) is 12.1 Å². The fourth-order valence-electron chi connectivity index (χ4n) is 6.50. The minimum absolute atomic E-state index is 0.0574. The lowest BCUT2D eigenvalue weighted by atomic mass is 10.1. The van der Waals surface area contributed by atoms with Crippen molar-refractivity contribution in [1.82, 2.24) is 0 Å². The molecule has 67 heavy (non-hydrogen) atoms. The van der Waals surface area contributed by atoms with E-state index in [-0.39, 0.29) is 55.7 Å². The molecule has 29 heteroatoms. The van der Waals surface area contributed by atoms with Gasteiger partial charge in [-0.25, -0.2) is 4.79 Å². The van der Waals surface area contributed by atoms with Crippen LogP contribution in [-0.4, -0.2) is 92.8 Å². The van der Waals surface area contributed by atoms with Gasteiger partial charge in [0.05, 0.1) is 34.8 Å². The summed E-state index contributed by atoms with van der Waals surface area (Å²) in [4.78, 5) is 22.4. The molecule has 6 N–H and O–H groups in total. The highest BCUT2D eigenvalue weighted by atomic mass is 32.2. The average molecular weight is 997 g/mol. The van der Waals surface area contributed by atoms with E-state index in [0.29, 0.717) is 10.6 Å². The molecule has 0 spiro atoms. The molecule has 0 fully saturated rings. The number of rotatable bonds is 13. The molecule has 1 amide bonds. The van der Waals surface area contributed by atoms with E-state index < -0.39 is 95.1 Å². The number of hydrogen-bond acceptors (Lipinski definition) is 19. The number of amides is 1. The van der Waals surface area contributed by atoms with Crippen LogP contribution in [0.15, 0.2) is 146 Å². The number of ether oxygens (including phenoxy) is 1. The number of fused-ring (bicyclic) bond motifs is 2. The fraction of sp³-hybridized carbons (Fsp3) is 0.0789. The van der Waals surface area contributed by atoms with Crippen LogP contribution in [0.2, 0.25) is 0 Å². The lowest BCUT2D eigenvalue weighted by Crippen LogP contribution is -2.33. The molecule has 346 valence electrons. The van der Waals surface area contributed by atoms with Crippen LogP contribution in [0.25, 0.3) is 21.5 Å². The van der Waals surface area contributed by atoms with E-state index in [1.165, 1.54) is 50.4 Å². The number of carboxylic acids is 1. The maximum atomic E-state index is 13.2. The molecule has 0 bridgehead atoms. The van der Waals surface area contributed by atoms with Crippen molar-refractivity contribution in [2.24, 2.45) is 35.8 Å². The summed E-state index contributed by atoms with van der Waals surface area (Å²) in [6, 6.07) is 14.8. The summed E-state index contributed by atoms with van der Waals surface area (Å²) in [7, 11) is -18.4. The van der Waals surface area contributed by atoms with Crippen LogP contribution in [-0.2, 0) is 50.1 Å². The zero-order valence-corrected chi connectivity index (χ0v) is 36.9. The highest BCUT2D eigenvalue weighted by Gasteiger charge is 2.41. The Morgan fingerprint density at radius 3 is 1.93 bits per heavy atom. The van der Waals surface area contributed by atoms with E-state index >= 15 is 0 Å². The molecule has 7 rings (SSSR count). The Morgan fingerprint density at radius 2 is 1.31 bits per heavy atom. The Bertz CT molecular complexity index is 3710. The van der Waals surface area contributed by atoms with Crippen molar-refractivity contribution in [3.05, 3.63) is 96.6 Å². The number of anilines is 1. The van der Waals surface area contributed by atoms with Crippen molar-refractivity contribution in [1.29, 1.82) is 0 Å².